The Bertz CT molecular complexity index is 1670. The smallest absolute Gasteiger partial charge is 0.459 e. The minimum Gasteiger partial charge on any atom is -0.459 e. The van der Waals surface area contributed by atoms with Gasteiger partial charge in [-0.25, -0.2) is 14.5 Å². The highest BCUT2D eigenvalue weighted by Gasteiger charge is 2.40. The summed E-state index contributed by atoms with van der Waals surface area (Å²) >= 11 is 0. The predicted molar refractivity (Wildman–Crippen MR) is 177 cm³/mol. The Balaban J connectivity index is 1.80. The van der Waals surface area contributed by atoms with Crippen molar-refractivity contribution in [2.75, 3.05) is 18.9 Å². The van der Waals surface area contributed by atoms with Crippen LogP contribution in [0.15, 0.2) is 54.6 Å². The number of aromatic nitrogens is 3. The Hall–Kier alpha value is -3.50. The average Bonchev–Trinajstić information content (AvgIpc) is 3.38. The Morgan fingerprint density at radius 1 is 1.02 bits per heavy atom. The van der Waals surface area contributed by atoms with Gasteiger partial charge in [0.15, 0.2) is 5.82 Å². The molecule has 0 amide bonds. The number of esters is 1. The van der Waals surface area contributed by atoms with E-state index in [1.54, 1.807) is 45.0 Å². The lowest BCUT2D eigenvalue weighted by atomic mass is 9.98. The van der Waals surface area contributed by atoms with E-state index in [9.17, 15) is 9.36 Å². The molecule has 2 aromatic carbocycles. The second-order valence-corrected chi connectivity index (χ2v) is 14.3. The third-order valence-corrected chi connectivity index (χ3v) is 8.98. The molecule has 0 aliphatic carbocycles. The third kappa shape index (κ3) is 8.02. The van der Waals surface area contributed by atoms with Crippen LogP contribution >= 0.6 is 7.75 Å². The highest BCUT2D eigenvalue weighted by Crippen LogP contribution is 2.47. The van der Waals surface area contributed by atoms with Crippen LogP contribution in [0.5, 0.6) is 5.75 Å². The van der Waals surface area contributed by atoms with E-state index in [-0.39, 0.29) is 19.1 Å². The molecule has 0 radical (unpaired) electrons. The van der Waals surface area contributed by atoms with Crippen LogP contribution in [0.3, 0.4) is 0 Å². The number of anilines is 1. The first-order valence-corrected chi connectivity index (χ1v) is 16.9. The summed E-state index contributed by atoms with van der Waals surface area (Å²) in [7, 11) is -4.19. The van der Waals surface area contributed by atoms with Gasteiger partial charge in [-0.1, -0.05) is 57.2 Å². The number of nitrogens with zero attached hydrogens (tertiary/aromatic N) is 3. The first-order valence-electron chi connectivity index (χ1n) is 15.3. The van der Waals surface area contributed by atoms with Crippen molar-refractivity contribution in [2.24, 2.45) is 5.92 Å². The van der Waals surface area contributed by atoms with Crippen LogP contribution in [0, 0.1) is 5.92 Å². The van der Waals surface area contributed by atoms with Crippen LogP contribution in [0.1, 0.15) is 67.6 Å². The van der Waals surface area contributed by atoms with Gasteiger partial charge in [-0.15, -0.1) is 0 Å². The van der Waals surface area contributed by atoms with Gasteiger partial charge in [-0.3, -0.25) is 9.32 Å². The number of nitrogen functional groups attached to an aromatic ring is 1. The molecule has 11 nitrogen and oxygen atoms in total. The summed E-state index contributed by atoms with van der Waals surface area (Å²) in [6, 6.07) is 15.5. The summed E-state index contributed by atoms with van der Waals surface area (Å²) in [5, 5.41) is 3.79. The van der Waals surface area contributed by atoms with E-state index in [0.29, 0.717) is 35.9 Å². The van der Waals surface area contributed by atoms with Crippen LogP contribution < -0.4 is 15.3 Å². The number of pyridine rings is 1. The molecule has 0 spiro atoms. The lowest BCUT2D eigenvalue weighted by Crippen LogP contribution is -2.45. The number of nitrogens with two attached hydrogens (primary N) is 1. The molecule has 0 saturated heterocycles. The number of hydrogen-bond acceptors (Lipinski definition) is 9. The number of benzene rings is 2. The van der Waals surface area contributed by atoms with Crippen molar-refractivity contribution in [3.63, 3.8) is 0 Å². The van der Waals surface area contributed by atoms with E-state index >= 15 is 0 Å². The van der Waals surface area contributed by atoms with Gasteiger partial charge in [0, 0.05) is 12.0 Å². The van der Waals surface area contributed by atoms with Gasteiger partial charge < -0.3 is 24.3 Å². The van der Waals surface area contributed by atoms with E-state index in [1.807, 2.05) is 65.0 Å². The van der Waals surface area contributed by atoms with Gasteiger partial charge in [0.1, 0.15) is 35.3 Å². The fourth-order valence-electron chi connectivity index (χ4n) is 4.99. The van der Waals surface area contributed by atoms with Crippen LogP contribution in [0.25, 0.3) is 21.9 Å². The number of nitrogens with one attached hydrogen (secondary N) is 1. The Labute approximate surface area is 265 Å². The van der Waals surface area contributed by atoms with E-state index in [2.05, 4.69) is 14.6 Å². The minimum atomic E-state index is -4.19. The number of para-hydroxylation sites is 2. The lowest BCUT2D eigenvalue weighted by Gasteiger charge is -2.35. The molecule has 0 aliphatic rings. The van der Waals surface area contributed by atoms with Crippen molar-refractivity contribution in [3.05, 3.63) is 60.4 Å². The summed E-state index contributed by atoms with van der Waals surface area (Å²) in [4.78, 5) is 22.7. The zero-order valence-electron chi connectivity index (χ0n) is 27.5. The number of carbonyl (C=O) groups excluding carboxylic acids is 1. The summed E-state index contributed by atoms with van der Waals surface area (Å²) < 4.78 is 40.5. The normalized spacial score (nSPS) is 15.6. The number of fused-ring (bicyclic) bond motifs is 3. The van der Waals surface area contributed by atoms with Crippen molar-refractivity contribution in [3.8, 4) is 5.75 Å². The van der Waals surface area contributed by atoms with E-state index < -0.39 is 30.9 Å². The fraction of sp³-hybridized carbons (Fsp3) is 0.485. The predicted octanol–water partition coefficient (Wildman–Crippen LogP) is 6.99. The highest BCUT2D eigenvalue weighted by atomic mass is 31.2. The van der Waals surface area contributed by atoms with Crippen molar-refractivity contribution in [1.82, 2.24) is 19.6 Å². The summed E-state index contributed by atoms with van der Waals surface area (Å²) in [6.45, 7) is 15.6. The molecule has 0 bridgehead atoms. The molecule has 4 rings (SSSR count). The van der Waals surface area contributed by atoms with E-state index in [1.165, 1.54) is 0 Å². The van der Waals surface area contributed by atoms with E-state index in [0.717, 1.165) is 16.4 Å². The second-order valence-electron chi connectivity index (χ2n) is 12.6. The number of imidazole rings is 1. The molecule has 2 aromatic heterocycles. The molecule has 2 heterocycles. The summed E-state index contributed by atoms with van der Waals surface area (Å²) in [6.07, 6.45) is 0.555. The topological polar surface area (TPSA) is 140 Å². The SMILES string of the molecule is CCOCc1nc2c(N)nc3ccccc3c2n1C(C)(CC)COP(=O)(N[C@H](C(=O)OC(C)(C)C)C(C)C)Oc1ccccc1. The summed E-state index contributed by atoms with van der Waals surface area (Å²) in [5.74, 6) is 0.422. The Kier molecular flexibility index (Phi) is 10.6. The summed E-state index contributed by atoms with van der Waals surface area (Å²) in [5.41, 5.74) is 6.93. The largest absolute Gasteiger partial charge is 0.459 e. The van der Waals surface area contributed by atoms with Crippen molar-refractivity contribution in [1.29, 1.82) is 0 Å². The molecule has 0 saturated carbocycles. The standard InChI is InChI=1S/C33H46N5O6P/c1-9-33(8,38-26(20-41-10-2)36-28-29(38)24-18-14-15-19-25(24)35-30(28)34)21-42-45(40,44-23-16-12-11-13-17-23)37-27(22(3)4)31(39)43-32(5,6)7/h11-19,22,27H,9-10,20-21H2,1-8H3,(H2,34,35)(H,37,40)/t27-,33?,45?/m0/s1. The number of hydrogen-bond donors (Lipinski definition) is 2. The van der Waals surface area contributed by atoms with Gasteiger partial charge in [0.05, 0.1) is 23.2 Å². The molecule has 3 atom stereocenters. The zero-order valence-corrected chi connectivity index (χ0v) is 28.4. The number of ether oxygens (including phenoxy) is 2. The average molecular weight is 640 g/mol. The first kappa shape index (κ1) is 34.4. The van der Waals surface area contributed by atoms with Gasteiger partial charge >= 0.3 is 13.7 Å². The minimum absolute atomic E-state index is 0.0686. The Morgan fingerprint density at radius 2 is 1.69 bits per heavy atom. The number of rotatable bonds is 14. The molecule has 0 aliphatic heterocycles. The quantitative estimate of drug-likeness (QED) is 0.110. The van der Waals surface area contributed by atoms with Crippen LogP contribution in [0.4, 0.5) is 5.82 Å². The number of carbonyl (C=O) groups is 1. The highest BCUT2D eigenvalue weighted by molar-refractivity contribution is 7.52. The van der Waals surface area contributed by atoms with Gasteiger partial charge in [-0.2, -0.15) is 5.09 Å². The zero-order chi connectivity index (χ0) is 33.0. The van der Waals surface area contributed by atoms with Crippen molar-refractivity contribution >= 4 is 41.5 Å². The molecule has 3 N–H and O–H groups in total. The van der Waals surface area contributed by atoms with Crippen LogP contribution in [0.2, 0.25) is 0 Å². The maximum Gasteiger partial charge on any atom is 0.459 e. The third-order valence-electron chi connectivity index (χ3n) is 7.47. The first-order chi connectivity index (χ1) is 21.2. The Morgan fingerprint density at radius 3 is 2.31 bits per heavy atom. The molecule has 0 fully saturated rings. The fourth-order valence-corrected chi connectivity index (χ4v) is 6.76. The van der Waals surface area contributed by atoms with Gasteiger partial charge in [-0.05, 0) is 65.2 Å². The second kappa shape index (κ2) is 13.9. The van der Waals surface area contributed by atoms with Gasteiger partial charge in [0.25, 0.3) is 0 Å². The van der Waals surface area contributed by atoms with E-state index in [4.69, 9.17) is 29.2 Å². The molecular formula is C33H46N5O6P. The lowest BCUT2D eigenvalue weighted by molar-refractivity contribution is -0.158. The maximum atomic E-state index is 14.6. The van der Waals surface area contributed by atoms with Crippen molar-refractivity contribution in [2.45, 2.75) is 85.6 Å². The molecule has 12 heteroatoms. The molecule has 45 heavy (non-hydrogen) atoms. The van der Waals surface area contributed by atoms with Gasteiger partial charge in [0.2, 0.25) is 0 Å². The van der Waals surface area contributed by atoms with Crippen LogP contribution in [-0.2, 0) is 35.5 Å². The monoisotopic (exact) mass is 639 g/mol. The molecule has 2 unspecified atom stereocenters. The molecule has 244 valence electrons. The molecule has 4 aromatic rings. The van der Waals surface area contributed by atoms with Crippen LogP contribution in [-0.4, -0.2) is 45.4 Å². The maximum absolute atomic E-state index is 14.6. The van der Waals surface area contributed by atoms with Crippen molar-refractivity contribution < 1.29 is 27.9 Å². The molecular weight excluding hydrogens is 593 g/mol.